The summed E-state index contributed by atoms with van der Waals surface area (Å²) < 4.78 is 2.30. The molecule has 0 amide bonds. The smallest absolute Gasteiger partial charge is 0.168 e. The largest absolute Gasteiger partial charge is 0.325 e. The Balaban J connectivity index is 1.83. The molecule has 0 radical (unpaired) electrons. The van der Waals surface area contributed by atoms with Gasteiger partial charge in [0.15, 0.2) is 5.16 Å². The average molecular weight is 238 g/mol. The minimum Gasteiger partial charge on any atom is -0.325 e. The minimum atomic E-state index is 0.494. The second kappa shape index (κ2) is 4.39. The lowest BCUT2D eigenvalue weighted by atomic mass is 10.1. The fraction of sp³-hybridized carbons (Fsp3) is 0.727. The summed E-state index contributed by atoms with van der Waals surface area (Å²) in [6, 6.07) is 0.494. The summed E-state index contributed by atoms with van der Waals surface area (Å²) >= 11 is 1.88. The molecule has 16 heavy (non-hydrogen) atoms. The Morgan fingerprint density at radius 3 is 3.25 bits per heavy atom. The van der Waals surface area contributed by atoms with Gasteiger partial charge in [-0.15, -0.1) is 0 Å². The van der Waals surface area contributed by atoms with Crippen molar-refractivity contribution in [3.63, 3.8) is 0 Å². The number of nitrogens with zero attached hydrogens (tertiary/aromatic N) is 3. The number of nitrogens with one attached hydrogen (secondary N) is 1. The van der Waals surface area contributed by atoms with Crippen LogP contribution in [-0.2, 0) is 6.54 Å². The van der Waals surface area contributed by atoms with Crippen LogP contribution in [0, 0.1) is 0 Å². The van der Waals surface area contributed by atoms with E-state index in [1.807, 2.05) is 11.8 Å². The Kier molecular flexibility index (Phi) is 2.91. The first kappa shape index (κ1) is 10.6. The highest BCUT2D eigenvalue weighted by Crippen LogP contribution is 2.29. The van der Waals surface area contributed by atoms with Crippen LogP contribution in [0.2, 0.25) is 0 Å². The first-order valence-electron chi connectivity index (χ1n) is 5.95. The van der Waals surface area contributed by atoms with Gasteiger partial charge in [0, 0.05) is 31.6 Å². The Bertz CT molecular complexity index is 355. The molecule has 1 fully saturated rings. The van der Waals surface area contributed by atoms with Crippen LogP contribution < -0.4 is 5.32 Å². The zero-order chi connectivity index (χ0) is 11.0. The SMILES string of the molecule is CN1CCNCCC1c1cn2c(n1)SCC2. The fourth-order valence-electron chi connectivity index (χ4n) is 2.46. The number of imidazole rings is 1. The van der Waals surface area contributed by atoms with Gasteiger partial charge >= 0.3 is 0 Å². The molecular formula is C11H18N4S. The summed E-state index contributed by atoms with van der Waals surface area (Å²) in [6.45, 7) is 4.43. The number of fused-ring (bicyclic) bond motifs is 1. The summed E-state index contributed by atoms with van der Waals surface area (Å²) in [5.74, 6) is 1.19. The van der Waals surface area contributed by atoms with Gasteiger partial charge in [-0.25, -0.2) is 4.98 Å². The van der Waals surface area contributed by atoms with Crippen molar-refractivity contribution in [1.82, 2.24) is 19.8 Å². The molecule has 3 heterocycles. The third kappa shape index (κ3) is 1.87. The number of aryl methyl sites for hydroxylation is 1. The predicted molar refractivity (Wildman–Crippen MR) is 65.8 cm³/mol. The van der Waals surface area contributed by atoms with Gasteiger partial charge in [-0.05, 0) is 20.0 Å². The van der Waals surface area contributed by atoms with E-state index in [0.29, 0.717) is 6.04 Å². The Morgan fingerprint density at radius 1 is 1.44 bits per heavy atom. The molecular weight excluding hydrogens is 220 g/mol. The summed E-state index contributed by atoms with van der Waals surface area (Å²) in [7, 11) is 2.20. The van der Waals surface area contributed by atoms with Gasteiger partial charge in [-0.3, -0.25) is 4.90 Å². The van der Waals surface area contributed by atoms with E-state index < -0.39 is 0 Å². The minimum absolute atomic E-state index is 0.494. The van der Waals surface area contributed by atoms with Crippen LogP contribution in [-0.4, -0.2) is 46.9 Å². The van der Waals surface area contributed by atoms with E-state index in [2.05, 4.69) is 28.0 Å². The molecule has 2 aliphatic rings. The van der Waals surface area contributed by atoms with Gasteiger partial charge < -0.3 is 9.88 Å². The quantitative estimate of drug-likeness (QED) is 0.790. The van der Waals surface area contributed by atoms with Gasteiger partial charge in [0.05, 0.1) is 11.7 Å². The lowest BCUT2D eigenvalue weighted by Crippen LogP contribution is -2.27. The average Bonchev–Trinajstić information content (AvgIpc) is 2.77. The Labute approximate surface area is 100 Å². The van der Waals surface area contributed by atoms with Crippen molar-refractivity contribution in [2.24, 2.45) is 0 Å². The molecule has 0 aliphatic carbocycles. The normalized spacial score (nSPS) is 26.7. The summed E-state index contributed by atoms with van der Waals surface area (Å²) in [4.78, 5) is 7.18. The zero-order valence-corrected chi connectivity index (χ0v) is 10.5. The number of hydrogen-bond acceptors (Lipinski definition) is 4. The van der Waals surface area contributed by atoms with Crippen molar-refractivity contribution in [3.05, 3.63) is 11.9 Å². The van der Waals surface area contributed by atoms with Gasteiger partial charge in [0.2, 0.25) is 0 Å². The molecule has 1 unspecified atom stereocenters. The van der Waals surface area contributed by atoms with E-state index in [1.54, 1.807) is 0 Å². The molecule has 1 atom stereocenters. The van der Waals surface area contributed by atoms with E-state index >= 15 is 0 Å². The van der Waals surface area contributed by atoms with Crippen molar-refractivity contribution in [1.29, 1.82) is 0 Å². The van der Waals surface area contributed by atoms with Crippen molar-refractivity contribution >= 4 is 11.8 Å². The highest BCUT2D eigenvalue weighted by molar-refractivity contribution is 7.99. The van der Waals surface area contributed by atoms with E-state index in [0.717, 1.165) is 32.6 Å². The Hall–Kier alpha value is -0.520. The third-order valence-electron chi connectivity index (χ3n) is 3.43. The lowest BCUT2D eigenvalue weighted by Gasteiger charge is -2.23. The van der Waals surface area contributed by atoms with E-state index in [9.17, 15) is 0 Å². The molecule has 5 heteroatoms. The van der Waals surface area contributed by atoms with E-state index in [-0.39, 0.29) is 0 Å². The standard InChI is InChI=1S/C11H18N4S/c1-14-5-4-12-3-2-10(14)9-8-15-6-7-16-11(15)13-9/h8,10,12H,2-7H2,1H3. The lowest BCUT2D eigenvalue weighted by molar-refractivity contribution is 0.253. The van der Waals surface area contributed by atoms with Gasteiger partial charge in [-0.2, -0.15) is 0 Å². The third-order valence-corrected chi connectivity index (χ3v) is 4.40. The highest BCUT2D eigenvalue weighted by Gasteiger charge is 2.24. The molecule has 88 valence electrons. The first-order chi connectivity index (χ1) is 7.84. The maximum atomic E-state index is 4.76. The number of likely N-dealkylation sites (N-methyl/N-ethyl adjacent to an activating group) is 1. The van der Waals surface area contributed by atoms with Crippen LogP contribution >= 0.6 is 11.8 Å². The van der Waals surface area contributed by atoms with Crippen molar-refractivity contribution in [2.75, 3.05) is 32.4 Å². The van der Waals surface area contributed by atoms with E-state index in [4.69, 9.17) is 4.98 Å². The van der Waals surface area contributed by atoms with Gasteiger partial charge in [0.1, 0.15) is 0 Å². The topological polar surface area (TPSA) is 33.1 Å². The molecule has 1 aromatic heterocycles. The second-order valence-corrected chi connectivity index (χ2v) is 5.59. The monoisotopic (exact) mass is 238 g/mol. The van der Waals surface area contributed by atoms with Crippen LogP contribution in [0.3, 0.4) is 0 Å². The maximum absolute atomic E-state index is 4.76. The molecule has 3 rings (SSSR count). The van der Waals surface area contributed by atoms with Crippen LogP contribution in [0.5, 0.6) is 0 Å². The summed E-state index contributed by atoms with van der Waals surface area (Å²) in [6.07, 6.45) is 3.42. The Morgan fingerprint density at radius 2 is 2.38 bits per heavy atom. The molecule has 1 N–H and O–H groups in total. The van der Waals surface area contributed by atoms with Crippen molar-refractivity contribution in [2.45, 2.75) is 24.2 Å². The fourth-order valence-corrected chi connectivity index (χ4v) is 3.41. The number of thioether (sulfide) groups is 1. The number of aromatic nitrogens is 2. The highest BCUT2D eigenvalue weighted by atomic mass is 32.2. The van der Waals surface area contributed by atoms with E-state index in [1.165, 1.54) is 16.6 Å². The molecule has 0 spiro atoms. The molecule has 2 aliphatic heterocycles. The number of rotatable bonds is 1. The summed E-state index contributed by atoms with van der Waals surface area (Å²) in [5.41, 5.74) is 1.26. The molecule has 0 saturated carbocycles. The molecule has 1 aromatic rings. The molecule has 0 bridgehead atoms. The summed E-state index contributed by atoms with van der Waals surface area (Å²) in [5, 5.41) is 4.65. The number of hydrogen-bond donors (Lipinski definition) is 1. The van der Waals surface area contributed by atoms with Crippen molar-refractivity contribution < 1.29 is 0 Å². The molecule has 0 aromatic carbocycles. The second-order valence-electron chi connectivity index (χ2n) is 4.53. The van der Waals surface area contributed by atoms with Crippen LogP contribution in [0.25, 0.3) is 0 Å². The van der Waals surface area contributed by atoms with Crippen LogP contribution in [0.15, 0.2) is 11.4 Å². The van der Waals surface area contributed by atoms with Crippen molar-refractivity contribution in [3.8, 4) is 0 Å². The predicted octanol–water partition coefficient (Wildman–Crippen LogP) is 0.955. The maximum Gasteiger partial charge on any atom is 0.168 e. The molecule has 4 nitrogen and oxygen atoms in total. The zero-order valence-electron chi connectivity index (χ0n) is 9.65. The van der Waals surface area contributed by atoms with Gasteiger partial charge in [0.25, 0.3) is 0 Å². The van der Waals surface area contributed by atoms with Crippen LogP contribution in [0.1, 0.15) is 18.2 Å². The molecule has 1 saturated heterocycles. The van der Waals surface area contributed by atoms with Gasteiger partial charge in [-0.1, -0.05) is 11.8 Å². The first-order valence-corrected chi connectivity index (χ1v) is 6.94. The van der Waals surface area contributed by atoms with Crippen LogP contribution in [0.4, 0.5) is 0 Å².